The fraction of sp³-hybridized carbons (Fsp3) is 0.103. The van der Waals surface area contributed by atoms with Crippen molar-refractivity contribution in [2.45, 2.75) is 13.0 Å². The molecule has 12 heteroatoms. The molecule has 0 aliphatic carbocycles. The first-order valence-electron chi connectivity index (χ1n) is 12.5. The van der Waals surface area contributed by atoms with Gasteiger partial charge in [-0.3, -0.25) is 19.5 Å². The average Bonchev–Trinajstić information content (AvgIpc) is 3.37. The first kappa shape index (κ1) is 26.0. The van der Waals surface area contributed by atoms with Gasteiger partial charge in [0.05, 0.1) is 39.6 Å². The number of hydrogen-bond donors (Lipinski definition) is 1. The smallest absolute Gasteiger partial charge is 0.311 e. The van der Waals surface area contributed by atoms with Crippen LogP contribution in [0, 0.1) is 10.1 Å². The summed E-state index contributed by atoms with van der Waals surface area (Å²) in [6, 6.07) is 20.4. The van der Waals surface area contributed by atoms with Crippen LogP contribution in [0.5, 0.6) is 5.75 Å². The highest BCUT2D eigenvalue weighted by molar-refractivity contribution is 6.35. The zero-order chi connectivity index (χ0) is 28.8. The van der Waals surface area contributed by atoms with E-state index in [1.165, 1.54) is 25.6 Å². The molecule has 41 heavy (non-hydrogen) atoms. The van der Waals surface area contributed by atoms with Gasteiger partial charge in [0.25, 0.3) is 5.56 Å². The monoisotopic (exact) mass is 567 g/mol. The Labute approximate surface area is 237 Å². The van der Waals surface area contributed by atoms with Crippen LogP contribution < -0.4 is 16.0 Å². The van der Waals surface area contributed by atoms with Crippen LogP contribution in [0.25, 0.3) is 38.8 Å². The van der Waals surface area contributed by atoms with Gasteiger partial charge in [0.15, 0.2) is 11.4 Å². The van der Waals surface area contributed by atoms with Gasteiger partial charge in [-0.05, 0) is 48.7 Å². The summed E-state index contributed by atoms with van der Waals surface area (Å²) in [7, 11) is 1.36. The highest BCUT2D eigenvalue weighted by atomic mass is 35.5. The van der Waals surface area contributed by atoms with Gasteiger partial charge in [0, 0.05) is 17.3 Å². The SMILES string of the molecule is COc1ccc(-c2nn(C(C)c3cc4cccc(Cl)c4c(=O)n3-c3ccccc3)c3ncnc(N)c23)cc1[N+](=O)[O-]. The Bertz CT molecular complexity index is 2040. The molecule has 0 saturated heterocycles. The van der Waals surface area contributed by atoms with Crippen LogP contribution >= 0.6 is 11.6 Å². The molecule has 6 aromatic rings. The Balaban J connectivity index is 1.63. The van der Waals surface area contributed by atoms with Gasteiger partial charge in [-0.1, -0.05) is 41.9 Å². The molecule has 0 spiro atoms. The Morgan fingerprint density at radius 3 is 2.54 bits per heavy atom. The summed E-state index contributed by atoms with van der Waals surface area (Å²) in [6.45, 7) is 1.88. The van der Waals surface area contributed by atoms with Crippen molar-refractivity contribution in [3.05, 3.63) is 110 Å². The van der Waals surface area contributed by atoms with Crippen LogP contribution in [0.15, 0.2) is 83.9 Å². The number of ether oxygens (including phenoxy) is 1. The molecule has 0 saturated carbocycles. The molecule has 0 bridgehead atoms. The van der Waals surface area contributed by atoms with E-state index in [2.05, 4.69) is 9.97 Å². The van der Waals surface area contributed by atoms with E-state index in [9.17, 15) is 14.9 Å². The molecule has 1 atom stereocenters. The predicted molar refractivity (Wildman–Crippen MR) is 157 cm³/mol. The first-order valence-corrected chi connectivity index (χ1v) is 12.9. The fourth-order valence-corrected chi connectivity index (χ4v) is 5.33. The number of anilines is 1. The average molecular weight is 568 g/mol. The van der Waals surface area contributed by atoms with Crippen molar-refractivity contribution >= 4 is 44.9 Å². The van der Waals surface area contributed by atoms with Gasteiger partial charge >= 0.3 is 5.69 Å². The molecule has 0 radical (unpaired) electrons. The summed E-state index contributed by atoms with van der Waals surface area (Å²) < 4.78 is 8.41. The molecule has 3 heterocycles. The third kappa shape index (κ3) is 4.23. The number of halogens is 1. The van der Waals surface area contributed by atoms with Crippen molar-refractivity contribution < 1.29 is 9.66 Å². The van der Waals surface area contributed by atoms with Crippen LogP contribution in [-0.2, 0) is 0 Å². The normalized spacial score (nSPS) is 12.1. The highest BCUT2D eigenvalue weighted by Crippen LogP contribution is 2.37. The van der Waals surface area contributed by atoms with E-state index in [0.29, 0.717) is 49.5 Å². The lowest BCUT2D eigenvalue weighted by atomic mass is 10.1. The Morgan fingerprint density at radius 2 is 1.80 bits per heavy atom. The quantitative estimate of drug-likeness (QED) is 0.203. The molecular weight excluding hydrogens is 546 g/mol. The summed E-state index contributed by atoms with van der Waals surface area (Å²) >= 11 is 6.48. The van der Waals surface area contributed by atoms with Crippen molar-refractivity contribution in [3.63, 3.8) is 0 Å². The number of para-hydroxylation sites is 1. The third-order valence-corrected chi connectivity index (χ3v) is 7.32. The van der Waals surface area contributed by atoms with Gasteiger partial charge in [0.1, 0.15) is 17.8 Å². The zero-order valence-corrected chi connectivity index (χ0v) is 22.6. The summed E-state index contributed by atoms with van der Waals surface area (Å²) in [5.74, 6) is 0.273. The second-order valence-electron chi connectivity index (χ2n) is 9.32. The largest absolute Gasteiger partial charge is 0.490 e. The molecule has 204 valence electrons. The lowest BCUT2D eigenvalue weighted by molar-refractivity contribution is -0.385. The van der Waals surface area contributed by atoms with Crippen LogP contribution in [0.3, 0.4) is 0 Å². The zero-order valence-electron chi connectivity index (χ0n) is 21.9. The predicted octanol–water partition coefficient (Wildman–Crippen LogP) is 5.56. The number of fused-ring (bicyclic) bond motifs is 2. The molecule has 11 nitrogen and oxygen atoms in total. The number of methoxy groups -OCH3 is 1. The molecule has 3 aromatic carbocycles. The number of hydrogen-bond acceptors (Lipinski definition) is 8. The van der Waals surface area contributed by atoms with Gasteiger partial charge in [-0.15, -0.1) is 0 Å². The Morgan fingerprint density at radius 1 is 1.02 bits per heavy atom. The maximum atomic E-state index is 13.9. The van der Waals surface area contributed by atoms with Crippen LogP contribution in [0.2, 0.25) is 5.02 Å². The van der Waals surface area contributed by atoms with Crippen LogP contribution in [-0.4, -0.2) is 36.3 Å². The molecule has 3 aromatic heterocycles. The Hall–Kier alpha value is -5.29. The van der Waals surface area contributed by atoms with Crippen LogP contribution in [0.4, 0.5) is 11.5 Å². The maximum absolute atomic E-state index is 13.9. The minimum absolute atomic E-state index is 0.113. The number of nitrogens with two attached hydrogens (primary N) is 1. The number of nitro benzene ring substituents is 1. The Kier molecular flexibility index (Phi) is 6.35. The fourth-order valence-electron chi connectivity index (χ4n) is 5.06. The van der Waals surface area contributed by atoms with Gasteiger partial charge in [0.2, 0.25) is 0 Å². The molecule has 2 N–H and O–H groups in total. The summed E-state index contributed by atoms with van der Waals surface area (Å²) in [6.07, 6.45) is 1.33. The van der Waals surface area contributed by atoms with E-state index in [0.717, 1.165) is 0 Å². The van der Waals surface area contributed by atoms with Crippen molar-refractivity contribution in [2.24, 2.45) is 0 Å². The minimum atomic E-state index is -0.551. The summed E-state index contributed by atoms with van der Waals surface area (Å²) in [4.78, 5) is 33.8. The standard InChI is InChI=1S/C29H22ClN7O4/c1-16(21-13-17-7-6-10-20(30)24(17)29(38)35(21)19-8-4-3-5-9-19)36-28-25(27(31)32-15-33-28)26(34-36)18-11-12-23(41-2)22(14-18)37(39)40/h3-16H,1-2H3,(H2,31,32,33). The van der Waals surface area contributed by atoms with Crippen molar-refractivity contribution in [2.75, 3.05) is 12.8 Å². The molecule has 0 fully saturated rings. The van der Waals surface area contributed by atoms with Crippen molar-refractivity contribution in [1.82, 2.24) is 24.3 Å². The van der Waals surface area contributed by atoms with Gasteiger partial charge in [-0.2, -0.15) is 5.10 Å². The number of pyridine rings is 1. The summed E-state index contributed by atoms with van der Waals surface area (Å²) in [5, 5.41) is 18.4. The van der Waals surface area contributed by atoms with E-state index in [4.69, 9.17) is 27.2 Å². The summed E-state index contributed by atoms with van der Waals surface area (Å²) in [5.41, 5.74) is 8.25. The van der Waals surface area contributed by atoms with Crippen LogP contribution in [0.1, 0.15) is 18.7 Å². The minimum Gasteiger partial charge on any atom is -0.490 e. The molecule has 6 rings (SSSR count). The first-order chi connectivity index (χ1) is 19.8. The van der Waals surface area contributed by atoms with Gasteiger partial charge in [-0.25, -0.2) is 14.6 Å². The van der Waals surface area contributed by atoms with E-state index in [1.54, 1.807) is 27.4 Å². The lowest BCUT2D eigenvalue weighted by Gasteiger charge is -2.21. The molecule has 0 aliphatic heterocycles. The van der Waals surface area contributed by atoms with Crippen molar-refractivity contribution in [1.29, 1.82) is 0 Å². The van der Waals surface area contributed by atoms with Crippen molar-refractivity contribution in [3.8, 4) is 22.7 Å². The number of nitro groups is 1. The highest BCUT2D eigenvalue weighted by Gasteiger charge is 2.26. The number of nitrogen functional groups attached to an aromatic ring is 1. The molecule has 0 aliphatic rings. The molecule has 1 unspecified atom stereocenters. The second kappa shape index (κ2) is 10.0. The van der Waals surface area contributed by atoms with E-state index < -0.39 is 11.0 Å². The number of nitrogens with zero attached hydrogens (tertiary/aromatic N) is 6. The van der Waals surface area contributed by atoms with E-state index in [-0.39, 0.29) is 22.8 Å². The van der Waals surface area contributed by atoms with E-state index >= 15 is 0 Å². The van der Waals surface area contributed by atoms with Gasteiger partial charge < -0.3 is 10.5 Å². The number of rotatable bonds is 6. The second-order valence-corrected chi connectivity index (χ2v) is 9.73. The maximum Gasteiger partial charge on any atom is 0.311 e. The third-order valence-electron chi connectivity index (χ3n) is 7.00. The number of aromatic nitrogens is 5. The lowest BCUT2D eigenvalue weighted by Crippen LogP contribution is -2.26. The topological polar surface area (TPSA) is 144 Å². The van der Waals surface area contributed by atoms with E-state index in [1.807, 2.05) is 49.4 Å². The molecular formula is C29H22ClN7O4. The molecule has 0 amide bonds. The number of benzene rings is 3.